The van der Waals surface area contributed by atoms with E-state index in [-0.39, 0.29) is 17.5 Å². The van der Waals surface area contributed by atoms with Gasteiger partial charge in [0.2, 0.25) is 0 Å². The Morgan fingerprint density at radius 1 is 1.17 bits per heavy atom. The number of likely N-dealkylation sites (N-methyl/N-ethyl adjacent to an activating group) is 1. The van der Waals surface area contributed by atoms with Gasteiger partial charge in [0.1, 0.15) is 11.6 Å². The molecule has 0 aromatic rings. The van der Waals surface area contributed by atoms with Gasteiger partial charge in [-0.05, 0) is 12.8 Å². The average Bonchev–Trinajstić information content (AvgIpc) is 2.60. The van der Waals surface area contributed by atoms with Gasteiger partial charge in [0.25, 0.3) is 5.91 Å². The number of amides is 1. The Hall–Kier alpha value is -1.58. The first kappa shape index (κ1) is 19.5. The van der Waals surface area contributed by atoms with Crippen molar-refractivity contribution in [2.45, 2.75) is 38.1 Å². The summed E-state index contributed by atoms with van der Waals surface area (Å²) in [4.78, 5) is 16.2. The Labute approximate surface area is 139 Å². The molecule has 0 aromatic heterocycles. The minimum absolute atomic E-state index is 0.172. The van der Waals surface area contributed by atoms with Gasteiger partial charge >= 0.3 is 0 Å². The molecule has 6 heteroatoms. The molecule has 0 aliphatic heterocycles. The van der Waals surface area contributed by atoms with Gasteiger partial charge in [0.05, 0.1) is 13.2 Å². The molecule has 23 heavy (non-hydrogen) atoms. The van der Waals surface area contributed by atoms with Gasteiger partial charge < -0.3 is 19.3 Å². The molecule has 1 amide bonds. The largest absolute Gasteiger partial charge is 0.383 e. The van der Waals surface area contributed by atoms with Crippen molar-refractivity contribution in [2.75, 3.05) is 47.6 Å². The van der Waals surface area contributed by atoms with Gasteiger partial charge in [0, 0.05) is 46.6 Å². The monoisotopic (exact) mass is 323 g/mol. The summed E-state index contributed by atoms with van der Waals surface area (Å²) in [6.45, 7) is 2.30. The minimum Gasteiger partial charge on any atom is -0.383 e. The number of carbonyl (C=O) groups is 1. The van der Waals surface area contributed by atoms with E-state index in [4.69, 9.17) is 9.47 Å². The van der Waals surface area contributed by atoms with Gasteiger partial charge in [-0.1, -0.05) is 19.3 Å². The van der Waals surface area contributed by atoms with E-state index in [2.05, 4.69) is 6.07 Å². The number of nitriles is 1. The molecule has 0 bridgehead atoms. The number of hydrogen-bond donors (Lipinski definition) is 0. The highest BCUT2D eigenvalue weighted by molar-refractivity contribution is 5.97. The fraction of sp³-hybridized carbons (Fsp3) is 0.765. The highest BCUT2D eigenvalue weighted by Gasteiger charge is 2.24. The Morgan fingerprint density at radius 2 is 1.74 bits per heavy atom. The van der Waals surface area contributed by atoms with E-state index in [1.54, 1.807) is 32.4 Å². The lowest BCUT2D eigenvalue weighted by atomic mass is 9.94. The lowest BCUT2D eigenvalue weighted by Crippen LogP contribution is -2.39. The maximum atomic E-state index is 12.6. The van der Waals surface area contributed by atoms with E-state index in [9.17, 15) is 10.1 Å². The number of hydrogen-bond acceptors (Lipinski definition) is 5. The number of ether oxygens (including phenoxy) is 2. The SMILES string of the molecule is COCCN(/C=C(/C#N)C(=O)N(C)C1CCCCC1)CCOC. The second-order valence-electron chi connectivity index (χ2n) is 5.88. The summed E-state index contributed by atoms with van der Waals surface area (Å²) in [7, 11) is 5.06. The van der Waals surface area contributed by atoms with E-state index in [0.717, 1.165) is 25.7 Å². The maximum absolute atomic E-state index is 12.6. The van der Waals surface area contributed by atoms with E-state index in [0.29, 0.717) is 26.3 Å². The van der Waals surface area contributed by atoms with E-state index in [1.165, 1.54) is 6.42 Å². The van der Waals surface area contributed by atoms with Crippen LogP contribution in [0, 0.1) is 11.3 Å². The number of rotatable bonds is 9. The summed E-state index contributed by atoms with van der Waals surface area (Å²) in [5.74, 6) is -0.195. The average molecular weight is 323 g/mol. The highest BCUT2D eigenvalue weighted by atomic mass is 16.5. The first-order valence-corrected chi connectivity index (χ1v) is 8.25. The molecular formula is C17H29N3O3. The molecular weight excluding hydrogens is 294 g/mol. The van der Waals surface area contributed by atoms with Gasteiger partial charge in [-0.2, -0.15) is 5.26 Å². The molecule has 6 nitrogen and oxygen atoms in total. The van der Waals surface area contributed by atoms with Gasteiger partial charge in [-0.25, -0.2) is 0 Å². The molecule has 0 unspecified atom stereocenters. The lowest BCUT2D eigenvalue weighted by Gasteiger charge is -2.31. The molecule has 0 aromatic carbocycles. The maximum Gasteiger partial charge on any atom is 0.265 e. The molecule has 0 heterocycles. The molecule has 0 saturated heterocycles. The van der Waals surface area contributed by atoms with E-state index >= 15 is 0 Å². The third-order valence-electron chi connectivity index (χ3n) is 4.27. The third-order valence-corrected chi connectivity index (χ3v) is 4.27. The van der Waals surface area contributed by atoms with Crippen LogP contribution in [0.2, 0.25) is 0 Å². The predicted molar refractivity (Wildman–Crippen MR) is 88.7 cm³/mol. The predicted octanol–water partition coefficient (Wildman–Crippen LogP) is 1.78. The molecule has 0 radical (unpaired) electrons. The Kier molecular flexibility index (Phi) is 9.34. The van der Waals surface area contributed by atoms with Crippen LogP contribution in [0.3, 0.4) is 0 Å². The van der Waals surface area contributed by atoms with Crippen molar-refractivity contribution >= 4 is 5.91 Å². The van der Waals surface area contributed by atoms with Crippen LogP contribution in [0.25, 0.3) is 0 Å². The standard InChI is InChI=1S/C17H29N3O3/c1-19(16-7-5-4-6-8-16)17(21)15(13-18)14-20(9-11-22-2)10-12-23-3/h14,16H,4-12H2,1-3H3/b15-14-. The fourth-order valence-electron chi connectivity index (χ4n) is 2.80. The van der Waals surface area contributed by atoms with Crippen LogP contribution in [0.1, 0.15) is 32.1 Å². The second-order valence-corrected chi connectivity index (χ2v) is 5.88. The van der Waals surface area contributed by atoms with Crippen molar-refractivity contribution in [3.8, 4) is 6.07 Å². The van der Waals surface area contributed by atoms with Crippen molar-refractivity contribution in [3.63, 3.8) is 0 Å². The van der Waals surface area contributed by atoms with Gasteiger partial charge in [0.15, 0.2) is 0 Å². The lowest BCUT2D eigenvalue weighted by molar-refractivity contribution is -0.128. The van der Waals surface area contributed by atoms with E-state index < -0.39 is 0 Å². The topological polar surface area (TPSA) is 65.8 Å². The molecule has 1 aliphatic carbocycles. The van der Waals surface area contributed by atoms with Crippen LogP contribution in [-0.2, 0) is 14.3 Å². The van der Waals surface area contributed by atoms with Crippen LogP contribution in [0.5, 0.6) is 0 Å². The molecule has 1 rings (SSSR count). The zero-order chi connectivity index (χ0) is 17.1. The summed E-state index contributed by atoms with van der Waals surface area (Å²) in [6, 6.07) is 2.30. The number of carbonyl (C=O) groups excluding carboxylic acids is 1. The summed E-state index contributed by atoms with van der Waals surface area (Å²) in [5.41, 5.74) is 0.172. The smallest absolute Gasteiger partial charge is 0.265 e. The number of nitrogens with zero attached hydrogens (tertiary/aromatic N) is 3. The third kappa shape index (κ3) is 6.59. The zero-order valence-corrected chi connectivity index (χ0v) is 14.6. The molecule has 0 atom stereocenters. The van der Waals surface area contributed by atoms with E-state index in [1.807, 2.05) is 4.90 Å². The van der Waals surface area contributed by atoms with Crippen molar-refractivity contribution in [1.82, 2.24) is 9.80 Å². The quantitative estimate of drug-likeness (QED) is 0.478. The summed E-state index contributed by atoms with van der Waals surface area (Å²) in [5, 5.41) is 9.39. The molecule has 0 spiro atoms. The van der Waals surface area contributed by atoms with Crippen LogP contribution in [-0.4, -0.2) is 69.3 Å². The van der Waals surface area contributed by atoms with Crippen molar-refractivity contribution < 1.29 is 14.3 Å². The molecule has 0 N–H and O–H groups in total. The highest BCUT2D eigenvalue weighted by Crippen LogP contribution is 2.22. The van der Waals surface area contributed by atoms with Crippen LogP contribution >= 0.6 is 0 Å². The minimum atomic E-state index is -0.195. The number of methoxy groups -OCH3 is 2. The van der Waals surface area contributed by atoms with Crippen LogP contribution in [0.4, 0.5) is 0 Å². The van der Waals surface area contributed by atoms with Gasteiger partial charge in [-0.15, -0.1) is 0 Å². The molecule has 130 valence electrons. The Balaban J connectivity index is 2.76. The van der Waals surface area contributed by atoms with Crippen LogP contribution < -0.4 is 0 Å². The summed E-state index contributed by atoms with van der Waals surface area (Å²) < 4.78 is 10.2. The zero-order valence-electron chi connectivity index (χ0n) is 14.6. The van der Waals surface area contributed by atoms with Gasteiger partial charge in [-0.3, -0.25) is 4.79 Å². The normalized spacial score (nSPS) is 16.0. The van der Waals surface area contributed by atoms with Crippen LogP contribution in [0.15, 0.2) is 11.8 Å². The molecule has 1 aliphatic rings. The first-order chi connectivity index (χ1) is 11.1. The second kappa shape index (κ2) is 11.0. The Morgan fingerprint density at radius 3 is 2.22 bits per heavy atom. The van der Waals surface area contributed by atoms with Crippen molar-refractivity contribution in [3.05, 3.63) is 11.8 Å². The van der Waals surface area contributed by atoms with Crippen molar-refractivity contribution in [2.24, 2.45) is 0 Å². The molecule has 1 saturated carbocycles. The molecule has 1 fully saturated rings. The summed E-state index contributed by atoms with van der Waals surface area (Å²) >= 11 is 0. The summed E-state index contributed by atoms with van der Waals surface area (Å²) in [6.07, 6.45) is 7.24. The van der Waals surface area contributed by atoms with Crippen molar-refractivity contribution in [1.29, 1.82) is 5.26 Å². The Bertz CT molecular complexity index is 417. The fourth-order valence-corrected chi connectivity index (χ4v) is 2.80. The first-order valence-electron chi connectivity index (χ1n) is 8.25.